The number of hydrogen-bond acceptors (Lipinski definition) is 3. The third-order valence-corrected chi connectivity index (χ3v) is 2.46. The molecule has 0 radical (unpaired) electrons. The first-order valence-corrected chi connectivity index (χ1v) is 4.98. The number of aromatic nitrogens is 2. The summed E-state index contributed by atoms with van der Waals surface area (Å²) in [6.45, 7) is 3.05. The van der Waals surface area contributed by atoms with Crippen LogP contribution in [0.1, 0.15) is 5.82 Å². The van der Waals surface area contributed by atoms with E-state index in [2.05, 4.69) is 9.55 Å². The first kappa shape index (κ1) is 9.98. The van der Waals surface area contributed by atoms with Crippen molar-refractivity contribution in [1.29, 1.82) is 0 Å². The molecule has 0 aliphatic carbocycles. The lowest BCUT2D eigenvalue weighted by molar-refractivity contribution is 0.328. The molecule has 0 fully saturated rings. The SMILES string of the molecule is Cc1nc2cc(OCCN)ccc2n1C. The largest absolute Gasteiger partial charge is 0.492 e. The highest BCUT2D eigenvalue weighted by molar-refractivity contribution is 5.77. The number of imidazole rings is 1. The highest BCUT2D eigenvalue weighted by Gasteiger charge is 2.04. The van der Waals surface area contributed by atoms with Crippen molar-refractivity contribution in [2.24, 2.45) is 12.8 Å². The van der Waals surface area contributed by atoms with E-state index >= 15 is 0 Å². The van der Waals surface area contributed by atoms with E-state index in [9.17, 15) is 0 Å². The lowest BCUT2D eigenvalue weighted by atomic mass is 10.3. The Morgan fingerprint density at radius 1 is 1.47 bits per heavy atom. The monoisotopic (exact) mass is 205 g/mol. The summed E-state index contributed by atoms with van der Waals surface area (Å²) in [6, 6.07) is 5.90. The predicted molar refractivity (Wildman–Crippen MR) is 60.0 cm³/mol. The second-order valence-electron chi connectivity index (χ2n) is 3.51. The average molecular weight is 205 g/mol. The van der Waals surface area contributed by atoms with Gasteiger partial charge in [0.15, 0.2) is 0 Å². The highest BCUT2D eigenvalue weighted by Crippen LogP contribution is 2.20. The van der Waals surface area contributed by atoms with Gasteiger partial charge < -0.3 is 15.0 Å². The van der Waals surface area contributed by atoms with Crippen LogP contribution in [0.25, 0.3) is 11.0 Å². The number of hydrogen-bond donors (Lipinski definition) is 1. The van der Waals surface area contributed by atoms with Crippen molar-refractivity contribution in [1.82, 2.24) is 9.55 Å². The molecule has 0 atom stereocenters. The van der Waals surface area contributed by atoms with Crippen molar-refractivity contribution in [3.8, 4) is 5.75 Å². The van der Waals surface area contributed by atoms with Gasteiger partial charge in [-0.25, -0.2) is 4.98 Å². The van der Waals surface area contributed by atoms with Crippen LogP contribution < -0.4 is 10.5 Å². The fourth-order valence-electron chi connectivity index (χ4n) is 1.57. The summed E-state index contributed by atoms with van der Waals surface area (Å²) in [5, 5.41) is 0. The predicted octanol–water partition coefficient (Wildman–Crippen LogP) is 1.22. The molecule has 0 aliphatic rings. The van der Waals surface area contributed by atoms with E-state index in [4.69, 9.17) is 10.5 Å². The van der Waals surface area contributed by atoms with E-state index in [0.717, 1.165) is 22.6 Å². The standard InChI is InChI=1S/C11H15N3O/c1-8-13-10-7-9(15-6-5-12)3-4-11(10)14(8)2/h3-4,7H,5-6,12H2,1-2H3. The molecular weight excluding hydrogens is 190 g/mol. The average Bonchev–Trinajstić information content (AvgIpc) is 2.52. The third kappa shape index (κ3) is 1.80. The van der Waals surface area contributed by atoms with Crippen LogP contribution in [0.4, 0.5) is 0 Å². The summed E-state index contributed by atoms with van der Waals surface area (Å²) in [4.78, 5) is 4.43. The molecule has 1 aromatic heterocycles. The minimum absolute atomic E-state index is 0.527. The molecule has 4 nitrogen and oxygen atoms in total. The molecule has 2 rings (SSSR count). The van der Waals surface area contributed by atoms with Gasteiger partial charge in [-0.05, 0) is 19.1 Å². The van der Waals surface area contributed by atoms with E-state index in [0.29, 0.717) is 13.2 Å². The van der Waals surface area contributed by atoms with Crippen LogP contribution in [0.3, 0.4) is 0 Å². The topological polar surface area (TPSA) is 53.1 Å². The molecule has 80 valence electrons. The lowest BCUT2D eigenvalue weighted by Gasteiger charge is -2.03. The van der Waals surface area contributed by atoms with Gasteiger partial charge in [-0.1, -0.05) is 0 Å². The van der Waals surface area contributed by atoms with Crippen LogP contribution in [-0.2, 0) is 7.05 Å². The molecule has 1 heterocycles. The minimum atomic E-state index is 0.527. The zero-order valence-corrected chi connectivity index (χ0v) is 9.03. The summed E-state index contributed by atoms with van der Waals surface area (Å²) in [7, 11) is 2.01. The van der Waals surface area contributed by atoms with Gasteiger partial charge in [0.2, 0.25) is 0 Å². The Kier molecular flexibility index (Phi) is 2.60. The second kappa shape index (κ2) is 3.90. The van der Waals surface area contributed by atoms with Gasteiger partial charge in [-0.2, -0.15) is 0 Å². The summed E-state index contributed by atoms with van der Waals surface area (Å²) in [6.07, 6.45) is 0. The molecule has 0 bridgehead atoms. The highest BCUT2D eigenvalue weighted by atomic mass is 16.5. The normalized spacial score (nSPS) is 10.9. The maximum Gasteiger partial charge on any atom is 0.121 e. The van der Waals surface area contributed by atoms with Gasteiger partial charge in [-0.15, -0.1) is 0 Å². The quantitative estimate of drug-likeness (QED) is 0.819. The molecule has 0 aliphatic heterocycles. The number of aryl methyl sites for hydroxylation is 2. The van der Waals surface area contributed by atoms with E-state index in [1.54, 1.807) is 0 Å². The Morgan fingerprint density at radius 2 is 2.27 bits per heavy atom. The van der Waals surface area contributed by atoms with Crippen molar-refractivity contribution in [3.63, 3.8) is 0 Å². The van der Waals surface area contributed by atoms with E-state index in [1.807, 2.05) is 32.2 Å². The van der Waals surface area contributed by atoms with E-state index in [1.165, 1.54) is 0 Å². The number of nitrogens with zero attached hydrogens (tertiary/aromatic N) is 2. The van der Waals surface area contributed by atoms with Gasteiger partial charge >= 0.3 is 0 Å². The first-order chi connectivity index (χ1) is 7.22. The fourth-order valence-corrected chi connectivity index (χ4v) is 1.57. The van der Waals surface area contributed by atoms with Crippen molar-refractivity contribution in [2.45, 2.75) is 6.92 Å². The summed E-state index contributed by atoms with van der Waals surface area (Å²) < 4.78 is 7.50. The zero-order chi connectivity index (χ0) is 10.8. The Balaban J connectivity index is 2.39. The molecule has 15 heavy (non-hydrogen) atoms. The Labute approximate surface area is 88.7 Å². The molecule has 0 saturated heterocycles. The van der Waals surface area contributed by atoms with Gasteiger partial charge in [0.1, 0.15) is 18.2 Å². The molecule has 1 aromatic carbocycles. The third-order valence-electron chi connectivity index (χ3n) is 2.46. The molecule has 2 aromatic rings. The summed E-state index contributed by atoms with van der Waals surface area (Å²) in [5.41, 5.74) is 7.45. The minimum Gasteiger partial charge on any atom is -0.492 e. The smallest absolute Gasteiger partial charge is 0.121 e. The first-order valence-electron chi connectivity index (χ1n) is 4.98. The van der Waals surface area contributed by atoms with Gasteiger partial charge in [-0.3, -0.25) is 0 Å². The van der Waals surface area contributed by atoms with Crippen LogP contribution in [0, 0.1) is 6.92 Å². The molecule has 2 N–H and O–H groups in total. The Bertz CT molecular complexity index is 476. The maximum absolute atomic E-state index is 5.44. The fraction of sp³-hybridized carbons (Fsp3) is 0.364. The Hall–Kier alpha value is -1.55. The number of nitrogens with two attached hydrogens (primary N) is 1. The Morgan fingerprint density at radius 3 is 3.00 bits per heavy atom. The molecular formula is C11H15N3O. The lowest BCUT2D eigenvalue weighted by Crippen LogP contribution is -2.10. The summed E-state index contributed by atoms with van der Waals surface area (Å²) >= 11 is 0. The molecule has 0 unspecified atom stereocenters. The van der Waals surface area contributed by atoms with Gasteiger partial charge in [0.05, 0.1) is 11.0 Å². The number of fused-ring (bicyclic) bond motifs is 1. The van der Waals surface area contributed by atoms with Crippen LogP contribution in [0.15, 0.2) is 18.2 Å². The van der Waals surface area contributed by atoms with Crippen molar-refractivity contribution < 1.29 is 4.74 Å². The molecule has 0 spiro atoms. The number of benzene rings is 1. The number of rotatable bonds is 3. The maximum atomic E-state index is 5.44. The molecule has 4 heteroatoms. The second-order valence-corrected chi connectivity index (χ2v) is 3.51. The number of ether oxygens (including phenoxy) is 1. The zero-order valence-electron chi connectivity index (χ0n) is 9.03. The molecule has 0 saturated carbocycles. The van der Waals surface area contributed by atoms with Crippen LogP contribution in [0.5, 0.6) is 5.75 Å². The van der Waals surface area contributed by atoms with Crippen LogP contribution in [-0.4, -0.2) is 22.7 Å². The van der Waals surface area contributed by atoms with Crippen molar-refractivity contribution in [2.75, 3.05) is 13.2 Å². The van der Waals surface area contributed by atoms with Gasteiger partial charge in [0.25, 0.3) is 0 Å². The van der Waals surface area contributed by atoms with Crippen LogP contribution >= 0.6 is 0 Å². The molecule has 0 amide bonds. The van der Waals surface area contributed by atoms with E-state index in [-0.39, 0.29) is 0 Å². The summed E-state index contributed by atoms with van der Waals surface area (Å²) in [5.74, 6) is 1.83. The van der Waals surface area contributed by atoms with Crippen LogP contribution in [0.2, 0.25) is 0 Å². The van der Waals surface area contributed by atoms with Gasteiger partial charge in [0, 0.05) is 19.7 Å². The van der Waals surface area contributed by atoms with Crippen molar-refractivity contribution >= 4 is 11.0 Å². The van der Waals surface area contributed by atoms with Crippen molar-refractivity contribution in [3.05, 3.63) is 24.0 Å². The van der Waals surface area contributed by atoms with E-state index < -0.39 is 0 Å².